The fraction of sp³-hybridized carbons (Fsp3) is 0.0870. The van der Waals surface area contributed by atoms with Gasteiger partial charge in [0.15, 0.2) is 5.82 Å². The van der Waals surface area contributed by atoms with Crippen LogP contribution in [0.3, 0.4) is 0 Å². The number of aryl methyl sites for hydroxylation is 2. The van der Waals surface area contributed by atoms with Crippen molar-refractivity contribution in [2.75, 3.05) is 0 Å². The number of hydrogen-bond acceptors (Lipinski definition) is 4. The third-order valence-electron chi connectivity index (χ3n) is 4.51. The average molecular weight is 368 g/mol. The minimum Gasteiger partial charge on any atom is -0.507 e. The minimum absolute atomic E-state index is 0.178. The SMILES string of the molecule is Cc1ccc(-c2nnn(-c3ccc(C)cc3)c2/N=C/c2ccccc2O)cc1. The largest absolute Gasteiger partial charge is 0.507 e. The minimum atomic E-state index is 0.178. The van der Waals surface area contributed by atoms with E-state index in [2.05, 4.69) is 15.3 Å². The van der Waals surface area contributed by atoms with Crippen LogP contribution in [0.2, 0.25) is 0 Å². The van der Waals surface area contributed by atoms with Crippen LogP contribution in [0.4, 0.5) is 5.82 Å². The van der Waals surface area contributed by atoms with Gasteiger partial charge in [-0.3, -0.25) is 0 Å². The van der Waals surface area contributed by atoms with Crippen LogP contribution in [0, 0.1) is 13.8 Å². The number of nitrogens with zero attached hydrogens (tertiary/aromatic N) is 4. The zero-order valence-electron chi connectivity index (χ0n) is 15.7. The molecular formula is C23H20N4O. The lowest BCUT2D eigenvalue weighted by Crippen LogP contribution is -1.96. The number of phenolic OH excluding ortho intramolecular Hbond substituents is 1. The van der Waals surface area contributed by atoms with Crippen LogP contribution in [0.1, 0.15) is 16.7 Å². The molecule has 0 unspecified atom stereocenters. The number of benzene rings is 3. The highest BCUT2D eigenvalue weighted by Crippen LogP contribution is 2.30. The van der Waals surface area contributed by atoms with Gasteiger partial charge in [-0.2, -0.15) is 4.68 Å². The molecule has 0 bridgehead atoms. The van der Waals surface area contributed by atoms with Crippen molar-refractivity contribution in [1.82, 2.24) is 15.0 Å². The van der Waals surface area contributed by atoms with Crippen molar-refractivity contribution in [3.8, 4) is 22.7 Å². The standard InChI is InChI=1S/C23H20N4O/c1-16-7-11-18(12-8-16)22-23(24-15-19-5-3-4-6-21(19)28)27(26-25-22)20-13-9-17(2)10-14-20/h3-15,28H,1-2H3/b24-15+. The molecule has 0 radical (unpaired) electrons. The Morgan fingerprint density at radius 1 is 0.857 bits per heavy atom. The Morgan fingerprint density at radius 3 is 2.18 bits per heavy atom. The van der Waals surface area contributed by atoms with Gasteiger partial charge in [-0.05, 0) is 38.1 Å². The third-order valence-corrected chi connectivity index (χ3v) is 4.51. The summed E-state index contributed by atoms with van der Waals surface area (Å²) in [7, 11) is 0. The Labute approximate surface area is 163 Å². The Morgan fingerprint density at radius 2 is 1.50 bits per heavy atom. The number of phenols is 1. The fourth-order valence-corrected chi connectivity index (χ4v) is 2.88. The number of aromatic hydroxyl groups is 1. The third kappa shape index (κ3) is 3.55. The van der Waals surface area contributed by atoms with Crippen LogP contribution >= 0.6 is 0 Å². The maximum atomic E-state index is 10.0. The Hall–Kier alpha value is -3.73. The summed E-state index contributed by atoms with van der Waals surface area (Å²) in [6.07, 6.45) is 1.64. The second kappa shape index (κ2) is 7.48. The quantitative estimate of drug-likeness (QED) is 0.515. The van der Waals surface area contributed by atoms with Gasteiger partial charge in [0.2, 0.25) is 0 Å². The molecule has 138 valence electrons. The first kappa shape index (κ1) is 17.7. The van der Waals surface area contributed by atoms with Crippen molar-refractivity contribution in [3.05, 3.63) is 89.5 Å². The second-order valence-corrected chi connectivity index (χ2v) is 6.69. The molecule has 0 saturated carbocycles. The Balaban J connectivity index is 1.84. The number of aliphatic imine (C=N–C) groups is 1. The molecule has 0 aliphatic rings. The highest BCUT2D eigenvalue weighted by molar-refractivity contribution is 5.86. The van der Waals surface area contributed by atoms with Gasteiger partial charge in [-0.25, -0.2) is 4.99 Å². The van der Waals surface area contributed by atoms with Crippen molar-refractivity contribution >= 4 is 12.0 Å². The molecule has 4 aromatic rings. The van der Waals surface area contributed by atoms with E-state index in [1.165, 1.54) is 11.1 Å². The van der Waals surface area contributed by atoms with E-state index in [9.17, 15) is 5.11 Å². The highest BCUT2D eigenvalue weighted by Gasteiger charge is 2.15. The summed E-state index contributed by atoms with van der Waals surface area (Å²) in [6, 6.07) is 23.2. The molecule has 0 fully saturated rings. The van der Waals surface area contributed by atoms with Gasteiger partial charge in [0.05, 0.1) is 5.69 Å². The van der Waals surface area contributed by atoms with Crippen LogP contribution in [-0.4, -0.2) is 26.3 Å². The first-order valence-corrected chi connectivity index (χ1v) is 9.03. The van der Waals surface area contributed by atoms with Crippen LogP contribution in [0.25, 0.3) is 16.9 Å². The molecule has 5 nitrogen and oxygen atoms in total. The highest BCUT2D eigenvalue weighted by atomic mass is 16.3. The number of aromatic nitrogens is 3. The van der Waals surface area contributed by atoms with Crippen molar-refractivity contribution in [1.29, 1.82) is 0 Å². The predicted molar refractivity (Wildman–Crippen MR) is 112 cm³/mol. The topological polar surface area (TPSA) is 63.3 Å². The Bertz CT molecular complexity index is 1060. The molecular weight excluding hydrogens is 348 g/mol. The van der Waals surface area contributed by atoms with Gasteiger partial charge in [-0.1, -0.05) is 64.9 Å². The first-order chi connectivity index (χ1) is 13.6. The summed E-state index contributed by atoms with van der Waals surface area (Å²) in [5.74, 6) is 0.786. The van der Waals surface area contributed by atoms with Crippen molar-refractivity contribution in [3.63, 3.8) is 0 Å². The molecule has 0 amide bonds. The van der Waals surface area contributed by atoms with E-state index in [4.69, 9.17) is 0 Å². The first-order valence-electron chi connectivity index (χ1n) is 9.03. The molecule has 4 rings (SSSR count). The normalized spacial score (nSPS) is 11.2. The van der Waals surface area contributed by atoms with Crippen LogP contribution < -0.4 is 0 Å². The lowest BCUT2D eigenvalue weighted by atomic mass is 10.1. The van der Waals surface area contributed by atoms with Crippen LogP contribution in [0.5, 0.6) is 5.75 Å². The van der Waals surface area contributed by atoms with E-state index >= 15 is 0 Å². The second-order valence-electron chi connectivity index (χ2n) is 6.69. The molecule has 28 heavy (non-hydrogen) atoms. The molecule has 0 spiro atoms. The zero-order valence-corrected chi connectivity index (χ0v) is 15.7. The molecule has 0 atom stereocenters. The summed E-state index contributed by atoms with van der Waals surface area (Å²) >= 11 is 0. The monoisotopic (exact) mass is 368 g/mol. The van der Waals surface area contributed by atoms with E-state index < -0.39 is 0 Å². The van der Waals surface area contributed by atoms with E-state index in [-0.39, 0.29) is 5.75 Å². The molecule has 1 N–H and O–H groups in total. The van der Waals surface area contributed by atoms with Gasteiger partial charge in [0.1, 0.15) is 11.4 Å². The molecule has 1 aromatic heterocycles. The van der Waals surface area contributed by atoms with Gasteiger partial charge in [-0.15, -0.1) is 5.10 Å². The van der Waals surface area contributed by atoms with Gasteiger partial charge < -0.3 is 5.11 Å². The summed E-state index contributed by atoms with van der Waals surface area (Å²) in [4.78, 5) is 4.65. The zero-order chi connectivity index (χ0) is 19.5. The lowest BCUT2D eigenvalue weighted by molar-refractivity contribution is 0.474. The molecule has 5 heteroatoms. The molecule has 0 aliphatic carbocycles. The van der Waals surface area contributed by atoms with Gasteiger partial charge in [0, 0.05) is 17.3 Å². The van der Waals surface area contributed by atoms with Crippen LogP contribution in [-0.2, 0) is 0 Å². The summed E-state index contributed by atoms with van der Waals surface area (Å²) in [6.45, 7) is 4.09. The average Bonchev–Trinajstić information content (AvgIpc) is 3.12. The fourth-order valence-electron chi connectivity index (χ4n) is 2.88. The van der Waals surface area contributed by atoms with E-state index in [1.54, 1.807) is 23.0 Å². The van der Waals surface area contributed by atoms with E-state index in [0.717, 1.165) is 11.3 Å². The predicted octanol–water partition coefficient (Wildman–Crippen LogP) is 5.01. The number of para-hydroxylation sites is 1. The summed E-state index contributed by atoms with van der Waals surface area (Å²) in [5, 5.41) is 18.8. The molecule has 3 aromatic carbocycles. The van der Waals surface area contributed by atoms with Crippen molar-refractivity contribution in [2.24, 2.45) is 4.99 Å². The maximum absolute atomic E-state index is 10.0. The maximum Gasteiger partial charge on any atom is 0.184 e. The number of hydrogen-bond donors (Lipinski definition) is 1. The van der Waals surface area contributed by atoms with E-state index in [0.29, 0.717) is 17.1 Å². The molecule has 0 saturated heterocycles. The molecule has 1 heterocycles. The summed E-state index contributed by atoms with van der Waals surface area (Å²) in [5.41, 5.74) is 5.48. The summed E-state index contributed by atoms with van der Waals surface area (Å²) < 4.78 is 1.71. The molecule has 0 aliphatic heterocycles. The van der Waals surface area contributed by atoms with E-state index in [1.807, 2.05) is 74.5 Å². The van der Waals surface area contributed by atoms with Crippen LogP contribution in [0.15, 0.2) is 77.8 Å². The number of rotatable bonds is 4. The lowest BCUT2D eigenvalue weighted by Gasteiger charge is -2.05. The Kier molecular flexibility index (Phi) is 4.72. The smallest absolute Gasteiger partial charge is 0.184 e. The van der Waals surface area contributed by atoms with Crippen molar-refractivity contribution < 1.29 is 5.11 Å². The van der Waals surface area contributed by atoms with Crippen molar-refractivity contribution in [2.45, 2.75) is 13.8 Å². The van der Waals surface area contributed by atoms with Gasteiger partial charge >= 0.3 is 0 Å². The van der Waals surface area contributed by atoms with Gasteiger partial charge in [0.25, 0.3) is 0 Å².